The molecule has 0 bridgehead atoms. The third-order valence-electron chi connectivity index (χ3n) is 3.43. The van der Waals surface area contributed by atoms with Gasteiger partial charge in [-0.2, -0.15) is 0 Å². The van der Waals surface area contributed by atoms with E-state index in [0.29, 0.717) is 17.4 Å². The summed E-state index contributed by atoms with van der Waals surface area (Å²) in [7, 11) is 0. The van der Waals surface area contributed by atoms with Gasteiger partial charge in [-0.3, -0.25) is 4.79 Å². The second-order valence-electron chi connectivity index (χ2n) is 4.41. The van der Waals surface area contributed by atoms with Crippen LogP contribution in [0.4, 0.5) is 0 Å². The quantitative estimate of drug-likeness (QED) is 0.808. The van der Waals surface area contributed by atoms with Gasteiger partial charge in [0.2, 0.25) is 0 Å². The number of carbonyl (C=O) groups is 1. The topological polar surface area (TPSA) is 68.3 Å². The number of nitrogens with one attached hydrogen (secondary N) is 1. The lowest BCUT2D eigenvalue weighted by Crippen LogP contribution is -2.32. The highest BCUT2D eigenvalue weighted by Crippen LogP contribution is 2.30. The van der Waals surface area contributed by atoms with Gasteiger partial charge in [-0.1, -0.05) is 6.42 Å². The molecule has 0 spiro atoms. The summed E-state index contributed by atoms with van der Waals surface area (Å²) in [5.41, 5.74) is 6.28. The first-order chi connectivity index (χ1) is 7.81. The lowest BCUT2D eigenvalue weighted by molar-refractivity contribution is 0.0943. The summed E-state index contributed by atoms with van der Waals surface area (Å²) in [5.74, 6) is 1.06. The molecule has 1 aromatic rings. The molecular weight excluding hydrogens is 204 g/mol. The minimum absolute atomic E-state index is 0.0589. The Morgan fingerprint density at radius 2 is 2.31 bits per heavy atom. The smallest absolute Gasteiger partial charge is 0.254 e. The molecule has 3 N–H and O–H groups in total. The molecule has 1 fully saturated rings. The van der Waals surface area contributed by atoms with E-state index in [2.05, 4.69) is 5.32 Å². The van der Waals surface area contributed by atoms with Crippen molar-refractivity contribution in [2.24, 2.45) is 17.6 Å². The van der Waals surface area contributed by atoms with Crippen molar-refractivity contribution in [1.82, 2.24) is 5.32 Å². The Kier molecular flexibility index (Phi) is 3.62. The maximum atomic E-state index is 11.7. The fourth-order valence-electron chi connectivity index (χ4n) is 2.41. The van der Waals surface area contributed by atoms with Crippen LogP contribution in [0.5, 0.6) is 0 Å². The summed E-state index contributed by atoms with van der Waals surface area (Å²) in [6.07, 6.45) is 6.57. The summed E-state index contributed by atoms with van der Waals surface area (Å²) in [5, 5.41) is 2.94. The second kappa shape index (κ2) is 5.16. The van der Waals surface area contributed by atoms with Crippen LogP contribution >= 0.6 is 0 Å². The molecule has 1 amide bonds. The molecule has 16 heavy (non-hydrogen) atoms. The number of hydrogen-bond acceptors (Lipinski definition) is 3. The summed E-state index contributed by atoms with van der Waals surface area (Å²) in [4.78, 5) is 11.7. The van der Waals surface area contributed by atoms with Crippen molar-refractivity contribution in [1.29, 1.82) is 0 Å². The number of rotatable bonds is 4. The molecule has 1 aliphatic rings. The average Bonchev–Trinajstić information content (AvgIpc) is 2.96. The zero-order valence-electron chi connectivity index (χ0n) is 9.32. The summed E-state index contributed by atoms with van der Waals surface area (Å²) >= 11 is 0. The normalized spacial score (nSPS) is 24.6. The minimum atomic E-state index is -0.0589. The van der Waals surface area contributed by atoms with Gasteiger partial charge in [-0.05, 0) is 37.3 Å². The van der Waals surface area contributed by atoms with E-state index < -0.39 is 0 Å². The van der Waals surface area contributed by atoms with E-state index >= 15 is 0 Å². The predicted molar refractivity (Wildman–Crippen MR) is 60.9 cm³/mol. The van der Waals surface area contributed by atoms with E-state index in [0.717, 1.165) is 13.1 Å². The largest absolute Gasteiger partial charge is 0.472 e. The van der Waals surface area contributed by atoms with Crippen molar-refractivity contribution in [2.75, 3.05) is 13.1 Å². The van der Waals surface area contributed by atoms with Crippen molar-refractivity contribution in [3.8, 4) is 0 Å². The molecule has 1 saturated carbocycles. The van der Waals surface area contributed by atoms with Crippen LogP contribution in [0.1, 0.15) is 29.6 Å². The Labute approximate surface area is 95.2 Å². The Bertz CT molecular complexity index is 335. The van der Waals surface area contributed by atoms with Gasteiger partial charge in [0.05, 0.1) is 11.8 Å². The van der Waals surface area contributed by atoms with Crippen molar-refractivity contribution in [3.63, 3.8) is 0 Å². The fraction of sp³-hybridized carbons (Fsp3) is 0.583. The molecule has 2 rings (SSSR count). The highest BCUT2D eigenvalue weighted by Gasteiger charge is 2.26. The third-order valence-corrected chi connectivity index (χ3v) is 3.43. The fourth-order valence-corrected chi connectivity index (χ4v) is 2.41. The second-order valence-corrected chi connectivity index (χ2v) is 4.41. The van der Waals surface area contributed by atoms with Crippen LogP contribution in [0.3, 0.4) is 0 Å². The van der Waals surface area contributed by atoms with Crippen LogP contribution < -0.4 is 11.1 Å². The molecule has 1 aliphatic carbocycles. The average molecular weight is 222 g/mol. The Morgan fingerprint density at radius 1 is 1.50 bits per heavy atom. The summed E-state index contributed by atoms with van der Waals surface area (Å²) in [6, 6.07) is 1.67. The molecule has 2 unspecified atom stereocenters. The van der Waals surface area contributed by atoms with Gasteiger partial charge in [0, 0.05) is 6.54 Å². The SMILES string of the molecule is NCC1CCCC1CNC(=O)c1ccoc1. The van der Waals surface area contributed by atoms with Crippen LogP contribution in [-0.2, 0) is 0 Å². The van der Waals surface area contributed by atoms with E-state index in [1.165, 1.54) is 31.8 Å². The van der Waals surface area contributed by atoms with Crippen LogP contribution in [-0.4, -0.2) is 19.0 Å². The van der Waals surface area contributed by atoms with Crippen LogP contribution in [0.15, 0.2) is 23.0 Å². The van der Waals surface area contributed by atoms with Crippen molar-refractivity contribution >= 4 is 5.91 Å². The molecule has 1 aromatic heterocycles. The molecule has 4 heteroatoms. The van der Waals surface area contributed by atoms with Crippen molar-refractivity contribution in [3.05, 3.63) is 24.2 Å². The van der Waals surface area contributed by atoms with Gasteiger partial charge >= 0.3 is 0 Å². The maximum Gasteiger partial charge on any atom is 0.254 e. The first-order valence-electron chi connectivity index (χ1n) is 5.81. The van der Waals surface area contributed by atoms with E-state index in [9.17, 15) is 4.79 Å². The molecule has 0 aliphatic heterocycles. The maximum absolute atomic E-state index is 11.7. The molecule has 1 heterocycles. The van der Waals surface area contributed by atoms with Crippen molar-refractivity contribution in [2.45, 2.75) is 19.3 Å². The molecule has 0 saturated heterocycles. The van der Waals surface area contributed by atoms with Crippen molar-refractivity contribution < 1.29 is 9.21 Å². The number of amides is 1. The first kappa shape index (κ1) is 11.2. The zero-order chi connectivity index (χ0) is 11.4. The highest BCUT2D eigenvalue weighted by molar-refractivity contribution is 5.93. The van der Waals surface area contributed by atoms with E-state index in [1.807, 2.05) is 0 Å². The van der Waals surface area contributed by atoms with Gasteiger partial charge in [0.15, 0.2) is 0 Å². The highest BCUT2D eigenvalue weighted by atomic mass is 16.3. The molecule has 2 atom stereocenters. The number of furan rings is 1. The third kappa shape index (κ3) is 2.44. The lowest BCUT2D eigenvalue weighted by atomic mass is 9.96. The van der Waals surface area contributed by atoms with Gasteiger partial charge in [-0.25, -0.2) is 0 Å². The zero-order valence-corrected chi connectivity index (χ0v) is 9.32. The summed E-state index contributed by atoms with van der Waals surface area (Å²) < 4.78 is 4.87. The van der Waals surface area contributed by atoms with E-state index in [-0.39, 0.29) is 5.91 Å². The number of nitrogens with two attached hydrogens (primary N) is 1. The predicted octanol–water partition coefficient (Wildman–Crippen LogP) is 1.38. The molecular formula is C12H18N2O2. The van der Waals surface area contributed by atoms with Gasteiger partial charge in [-0.15, -0.1) is 0 Å². The Hall–Kier alpha value is -1.29. The molecule has 0 radical (unpaired) electrons. The number of carbonyl (C=O) groups excluding carboxylic acids is 1. The van der Waals surface area contributed by atoms with Gasteiger partial charge in [0.1, 0.15) is 6.26 Å². The standard InChI is InChI=1S/C12H18N2O2/c13-6-9-2-1-3-10(9)7-14-12(15)11-4-5-16-8-11/h4-5,8-10H,1-3,6-7,13H2,(H,14,15). The van der Waals surface area contributed by atoms with E-state index in [1.54, 1.807) is 6.07 Å². The Balaban J connectivity index is 1.81. The number of hydrogen-bond donors (Lipinski definition) is 2. The van der Waals surface area contributed by atoms with E-state index in [4.69, 9.17) is 10.2 Å². The molecule has 0 aromatic carbocycles. The summed E-state index contributed by atoms with van der Waals surface area (Å²) in [6.45, 7) is 1.46. The van der Waals surface area contributed by atoms with Crippen LogP contribution in [0.25, 0.3) is 0 Å². The Morgan fingerprint density at radius 3 is 3.00 bits per heavy atom. The lowest BCUT2D eigenvalue weighted by Gasteiger charge is -2.17. The molecule has 88 valence electrons. The van der Waals surface area contributed by atoms with Crippen LogP contribution in [0.2, 0.25) is 0 Å². The van der Waals surface area contributed by atoms with Gasteiger partial charge in [0.25, 0.3) is 5.91 Å². The molecule has 4 nitrogen and oxygen atoms in total. The monoisotopic (exact) mass is 222 g/mol. The van der Waals surface area contributed by atoms with Crippen LogP contribution in [0, 0.1) is 11.8 Å². The minimum Gasteiger partial charge on any atom is -0.472 e. The van der Waals surface area contributed by atoms with Gasteiger partial charge < -0.3 is 15.5 Å². The first-order valence-corrected chi connectivity index (χ1v) is 5.81.